The summed E-state index contributed by atoms with van der Waals surface area (Å²) >= 11 is 3.77. The molecule has 0 amide bonds. The van der Waals surface area contributed by atoms with Crippen LogP contribution >= 0.6 is 15.9 Å². The van der Waals surface area contributed by atoms with Gasteiger partial charge >= 0.3 is 0 Å². The Hall–Kier alpha value is 0.480. The van der Waals surface area contributed by atoms with Gasteiger partial charge in [-0.15, -0.1) is 0 Å². The van der Waals surface area contributed by atoms with Crippen molar-refractivity contribution in [3.63, 3.8) is 0 Å². The maximum Gasteiger partial charge on any atom is 0.0194 e. The van der Waals surface area contributed by atoms with E-state index in [4.69, 9.17) is 0 Å². The van der Waals surface area contributed by atoms with Crippen molar-refractivity contribution >= 4 is 15.9 Å². The van der Waals surface area contributed by atoms with Crippen molar-refractivity contribution < 1.29 is 0 Å². The molecular formula is C12H25Br. The molecule has 0 saturated heterocycles. The normalized spacial score (nSPS) is 15.0. The van der Waals surface area contributed by atoms with Crippen molar-refractivity contribution in [2.24, 2.45) is 11.3 Å². The van der Waals surface area contributed by atoms with Crippen LogP contribution in [-0.4, -0.2) is 4.83 Å². The molecule has 80 valence electrons. The molecule has 0 saturated carbocycles. The van der Waals surface area contributed by atoms with E-state index in [1.54, 1.807) is 0 Å². The Morgan fingerprint density at radius 2 is 1.46 bits per heavy atom. The molecule has 0 rings (SSSR count). The predicted octanol–water partition coefficient (Wildman–Crippen LogP) is 5.01. The quantitative estimate of drug-likeness (QED) is 0.474. The Balaban J connectivity index is 3.43. The number of unbranched alkanes of at least 4 members (excludes halogenated alkanes) is 1. The summed E-state index contributed by atoms with van der Waals surface area (Å²) < 4.78 is 0. The van der Waals surface area contributed by atoms with Gasteiger partial charge in [0.25, 0.3) is 0 Å². The van der Waals surface area contributed by atoms with Crippen molar-refractivity contribution in [1.82, 2.24) is 0 Å². The molecule has 0 N–H and O–H groups in total. The van der Waals surface area contributed by atoms with Crippen molar-refractivity contribution in [3.05, 3.63) is 0 Å². The maximum atomic E-state index is 3.77. The molecule has 0 bridgehead atoms. The van der Waals surface area contributed by atoms with Crippen LogP contribution in [0.15, 0.2) is 0 Å². The maximum absolute atomic E-state index is 3.77. The summed E-state index contributed by atoms with van der Waals surface area (Å²) in [4.78, 5) is 0.673. The first kappa shape index (κ1) is 13.5. The predicted molar refractivity (Wildman–Crippen MR) is 65.5 cm³/mol. The van der Waals surface area contributed by atoms with E-state index in [1.807, 2.05) is 0 Å². The van der Waals surface area contributed by atoms with Gasteiger partial charge in [-0.3, -0.25) is 0 Å². The minimum atomic E-state index is 0.415. The fourth-order valence-electron chi connectivity index (χ4n) is 1.31. The fraction of sp³-hybridized carbons (Fsp3) is 1.00. The second-order valence-corrected chi connectivity index (χ2v) is 6.62. The SMILES string of the molecule is CC(C)CCCCC(Br)C(C)(C)C. The van der Waals surface area contributed by atoms with Crippen LogP contribution in [0.25, 0.3) is 0 Å². The van der Waals surface area contributed by atoms with Gasteiger partial charge < -0.3 is 0 Å². The van der Waals surface area contributed by atoms with Gasteiger partial charge in [-0.1, -0.05) is 69.8 Å². The zero-order valence-corrected chi connectivity index (χ0v) is 11.4. The summed E-state index contributed by atoms with van der Waals surface area (Å²) in [7, 11) is 0. The van der Waals surface area contributed by atoms with Gasteiger partial charge in [-0.05, 0) is 17.8 Å². The van der Waals surface area contributed by atoms with E-state index in [1.165, 1.54) is 25.7 Å². The molecule has 0 fully saturated rings. The number of hydrogen-bond acceptors (Lipinski definition) is 0. The molecular weight excluding hydrogens is 224 g/mol. The first-order valence-electron chi connectivity index (χ1n) is 5.48. The van der Waals surface area contributed by atoms with Crippen molar-refractivity contribution in [2.45, 2.75) is 65.1 Å². The molecule has 0 aliphatic rings. The molecule has 0 spiro atoms. The topological polar surface area (TPSA) is 0 Å². The minimum Gasteiger partial charge on any atom is -0.0885 e. The summed E-state index contributed by atoms with van der Waals surface area (Å²) in [6, 6.07) is 0. The van der Waals surface area contributed by atoms with Crippen molar-refractivity contribution in [1.29, 1.82) is 0 Å². The zero-order chi connectivity index (χ0) is 10.5. The number of hydrogen-bond donors (Lipinski definition) is 0. The van der Waals surface area contributed by atoms with Crippen LogP contribution in [0.4, 0.5) is 0 Å². The summed E-state index contributed by atoms with van der Waals surface area (Å²) in [5.41, 5.74) is 0.415. The van der Waals surface area contributed by atoms with E-state index in [9.17, 15) is 0 Å². The molecule has 0 aliphatic heterocycles. The minimum absolute atomic E-state index is 0.415. The highest BCUT2D eigenvalue weighted by atomic mass is 79.9. The van der Waals surface area contributed by atoms with Crippen molar-refractivity contribution in [2.75, 3.05) is 0 Å². The van der Waals surface area contributed by atoms with Gasteiger partial charge in [0.2, 0.25) is 0 Å². The fourth-order valence-corrected chi connectivity index (χ4v) is 1.63. The molecule has 0 aliphatic carbocycles. The van der Waals surface area contributed by atoms with Gasteiger partial charge in [0.05, 0.1) is 0 Å². The van der Waals surface area contributed by atoms with E-state index in [0.717, 1.165) is 5.92 Å². The van der Waals surface area contributed by atoms with Crippen LogP contribution in [0.3, 0.4) is 0 Å². The smallest absolute Gasteiger partial charge is 0.0194 e. The lowest BCUT2D eigenvalue weighted by atomic mass is 9.89. The lowest BCUT2D eigenvalue weighted by Crippen LogP contribution is -2.19. The van der Waals surface area contributed by atoms with Crippen LogP contribution < -0.4 is 0 Å². The third-order valence-electron chi connectivity index (χ3n) is 2.43. The average molecular weight is 249 g/mol. The summed E-state index contributed by atoms with van der Waals surface area (Å²) in [6.45, 7) is 11.5. The van der Waals surface area contributed by atoms with Crippen LogP contribution in [0.5, 0.6) is 0 Å². The van der Waals surface area contributed by atoms with E-state index in [0.29, 0.717) is 10.2 Å². The van der Waals surface area contributed by atoms with E-state index < -0.39 is 0 Å². The Bertz CT molecular complexity index is 122. The lowest BCUT2D eigenvalue weighted by molar-refractivity contribution is 0.373. The number of alkyl halides is 1. The molecule has 1 atom stereocenters. The standard InChI is InChI=1S/C12H25Br/c1-10(2)8-6-7-9-11(13)12(3,4)5/h10-11H,6-9H2,1-5H3. The van der Waals surface area contributed by atoms with Crippen LogP contribution in [0.1, 0.15) is 60.3 Å². The van der Waals surface area contributed by atoms with Gasteiger partial charge in [0, 0.05) is 4.83 Å². The summed E-state index contributed by atoms with van der Waals surface area (Å²) in [6.07, 6.45) is 5.45. The molecule has 1 unspecified atom stereocenters. The summed E-state index contributed by atoms with van der Waals surface area (Å²) in [5, 5.41) is 0. The van der Waals surface area contributed by atoms with Crippen LogP contribution in [0.2, 0.25) is 0 Å². The van der Waals surface area contributed by atoms with Gasteiger partial charge in [0.1, 0.15) is 0 Å². The second-order valence-electron chi connectivity index (χ2n) is 5.51. The molecule has 0 aromatic heterocycles. The average Bonchev–Trinajstić information content (AvgIpc) is 1.95. The number of halogens is 1. The molecule has 0 nitrogen and oxygen atoms in total. The number of rotatable bonds is 5. The largest absolute Gasteiger partial charge is 0.0885 e. The second kappa shape index (κ2) is 6.06. The highest BCUT2D eigenvalue weighted by Crippen LogP contribution is 2.30. The van der Waals surface area contributed by atoms with Crippen LogP contribution in [-0.2, 0) is 0 Å². The third-order valence-corrected chi connectivity index (χ3v) is 4.26. The van der Waals surface area contributed by atoms with Crippen LogP contribution in [0, 0.1) is 11.3 Å². The Kier molecular flexibility index (Phi) is 6.28. The summed E-state index contributed by atoms with van der Waals surface area (Å²) in [5.74, 6) is 0.864. The van der Waals surface area contributed by atoms with E-state index in [-0.39, 0.29) is 0 Å². The first-order valence-corrected chi connectivity index (χ1v) is 6.39. The monoisotopic (exact) mass is 248 g/mol. The molecule has 13 heavy (non-hydrogen) atoms. The van der Waals surface area contributed by atoms with Crippen molar-refractivity contribution in [3.8, 4) is 0 Å². The molecule has 0 heterocycles. The molecule has 0 aromatic carbocycles. The van der Waals surface area contributed by atoms with Gasteiger partial charge in [-0.2, -0.15) is 0 Å². The molecule has 0 radical (unpaired) electrons. The Morgan fingerprint density at radius 3 is 1.85 bits per heavy atom. The highest BCUT2D eigenvalue weighted by Gasteiger charge is 2.20. The zero-order valence-electron chi connectivity index (χ0n) is 9.86. The van der Waals surface area contributed by atoms with Gasteiger partial charge in [0.15, 0.2) is 0 Å². The third kappa shape index (κ3) is 7.54. The van der Waals surface area contributed by atoms with E-state index in [2.05, 4.69) is 50.5 Å². The lowest BCUT2D eigenvalue weighted by Gasteiger charge is -2.25. The Morgan fingerprint density at radius 1 is 1.00 bits per heavy atom. The molecule has 0 aromatic rings. The highest BCUT2D eigenvalue weighted by molar-refractivity contribution is 9.09. The first-order chi connectivity index (χ1) is 5.84. The molecule has 1 heteroatoms. The Labute approximate surface area is 92.6 Å². The van der Waals surface area contributed by atoms with E-state index >= 15 is 0 Å². The van der Waals surface area contributed by atoms with Gasteiger partial charge in [-0.25, -0.2) is 0 Å².